The minimum atomic E-state index is -0.733. The van der Waals surface area contributed by atoms with Crippen molar-refractivity contribution in [2.24, 2.45) is 0 Å². The normalized spacial score (nSPS) is 14.6. The van der Waals surface area contributed by atoms with Crippen molar-refractivity contribution in [1.29, 1.82) is 0 Å². The summed E-state index contributed by atoms with van der Waals surface area (Å²) >= 11 is 7.86. The van der Waals surface area contributed by atoms with Crippen LogP contribution in [0.25, 0.3) is 43.2 Å². The highest BCUT2D eigenvalue weighted by Gasteiger charge is 2.30. The Balaban J connectivity index is 1.44. The number of nitrogens with zero attached hydrogens (tertiary/aromatic N) is 5. The van der Waals surface area contributed by atoms with Crippen LogP contribution in [0.15, 0.2) is 61.1 Å². The highest BCUT2D eigenvalue weighted by atomic mass is 35.5. The number of fused-ring (bicyclic) bond motifs is 1. The van der Waals surface area contributed by atoms with Gasteiger partial charge in [-0.25, -0.2) is 15.0 Å². The van der Waals surface area contributed by atoms with Crippen LogP contribution in [0.5, 0.6) is 0 Å². The lowest BCUT2D eigenvalue weighted by Crippen LogP contribution is -2.37. The van der Waals surface area contributed by atoms with Crippen LogP contribution in [0.3, 0.4) is 0 Å². The van der Waals surface area contributed by atoms with Gasteiger partial charge in [0.15, 0.2) is 5.78 Å². The first-order chi connectivity index (χ1) is 21.1. The smallest absolute Gasteiger partial charge is 0.225 e. The standard InChI is InChI=1S/C34H34ClN5O3S/c1-20-16-27-31(29(22-6-8-25(35)9-7-22)28(20)30(21(2)41)43-34(3,4)5)44-32(39-27)23-10-11-36-26(17-23)24-18-37-33(38-19-24)40-12-14-42-15-13-40/h6-11,16-19,30H,12-15H2,1-5H3/t30-/m1/s1. The molecule has 5 aromatic rings. The van der Waals surface area contributed by atoms with E-state index in [0.717, 1.165) is 67.4 Å². The fourth-order valence-corrected chi connectivity index (χ4v) is 6.62. The molecule has 0 N–H and O–H groups in total. The van der Waals surface area contributed by atoms with Gasteiger partial charge in [0.05, 0.1) is 34.7 Å². The Hall–Kier alpha value is -3.76. The number of morpholine rings is 1. The third-order valence-corrected chi connectivity index (χ3v) is 8.79. The highest BCUT2D eigenvalue weighted by Crippen LogP contribution is 2.44. The molecule has 6 rings (SSSR count). The molecule has 4 heterocycles. The monoisotopic (exact) mass is 627 g/mol. The molecule has 0 saturated carbocycles. The molecular weight excluding hydrogens is 594 g/mol. The predicted molar refractivity (Wildman–Crippen MR) is 176 cm³/mol. The molecule has 1 fully saturated rings. The number of hydrogen-bond donors (Lipinski definition) is 0. The van der Waals surface area contributed by atoms with Gasteiger partial charge in [0.25, 0.3) is 0 Å². The molecule has 8 nitrogen and oxygen atoms in total. The van der Waals surface area contributed by atoms with Crippen LogP contribution in [0.1, 0.15) is 44.9 Å². The van der Waals surface area contributed by atoms with Gasteiger partial charge in [-0.3, -0.25) is 9.78 Å². The first-order valence-corrected chi connectivity index (χ1v) is 15.8. The zero-order chi connectivity index (χ0) is 31.0. The van der Waals surface area contributed by atoms with Gasteiger partial charge in [-0.2, -0.15) is 0 Å². The molecule has 3 aromatic heterocycles. The molecule has 0 radical (unpaired) electrons. The quantitative estimate of drug-likeness (QED) is 0.181. The lowest BCUT2D eigenvalue weighted by Gasteiger charge is -2.29. The second-order valence-corrected chi connectivity index (χ2v) is 13.3. The fraction of sp³-hybridized carbons (Fsp3) is 0.324. The molecule has 226 valence electrons. The van der Waals surface area contributed by atoms with Gasteiger partial charge < -0.3 is 14.4 Å². The average molecular weight is 628 g/mol. The number of pyridine rings is 1. The number of carbonyl (C=O) groups is 1. The second-order valence-electron chi connectivity index (χ2n) is 11.9. The Morgan fingerprint density at radius 3 is 2.36 bits per heavy atom. The minimum absolute atomic E-state index is 0.0528. The second kappa shape index (κ2) is 12.3. The number of ketones is 1. The Kier molecular flexibility index (Phi) is 8.48. The van der Waals surface area contributed by atoms with Gasteiger partial charge in [-0.1, -0.05) is 23.7 Å². The summed E-state index contributed by atoms with van der Waals surface area (Å²) in [6.07, 6.45) is 4.68. The maximum atomic E-state index is 13.1. The van der Waals surface area contributed by atoms with E-state index < -0.39 is 11.7 Å². The van der Waals surface area contributed by atoms with Gasteiger partial charge >= 0.3 is 0 Å². The van der Waals surface area contributed by atoms with Crippen LogP contribution in [0.4, 0.5) is 5.95 Å². The maximum absolute atomic E-state index is 13.1. The van der Waals surface area contributed by atoms with Gasteiger partial charge in [-0.05, 0) is 76.1 Å². The average Bonchev–Trinajstić information content (AvgIpc) is 3.44. The molecule has 1 aliphatic heterocycles. The van der Waals surface area contributed by atoms with Crippen LogP contribution in [-0.4, -0.2) is 57.6 Å². The molecule has 0 unspecified atom stereocenters. The van der Waals surface area contributed by atoms with E-state index in [2.05, 4.69) is 19.9 Å². The summed E-state index contributed by atoms with van der Waals surface area (Å²) in [5, 5.41) is 1.49. The maximum Gasteiger partial charge on any atom is 0.225 e. The number of aromatic nitrogens is 4. The predicted octanol–water partition coefficient (Wildman–Crippen LogP) is 7.73. The fourth-order valence-electron chi connectivity index (χ4n) is 5.38. The molecule has 10 heteroatoms. The van der Waals surface area contributed by atoms with E-state index in [1.165, 1.54) is 0 Å². The van der Waals surface area contributed by atoms with Crippen molar-refractivity contribution >= 4 is 44.9 Å². The zero-order valence-electron chi connectivity index (χ0n) is 25.4. The molecule has 0 aliphatic carbocycles. The van der Waals surface area contributed by atoms with Crippen LogP contribution in [0, 0.1) is 6.92 Å². The minimum Gasteiger partial charge on any atom is -0.378 e. The third-order valence-electron chi connectivity index (χ3n) is 7.40. The Bertz CT molecular complexity index is 1810. The summed E-state index contributed by atoms with van der Waals surface area (Å²) in [7, 11) is 0. The summed E-state index contributed by atoms with van der Waals surface area (Å²) in [6.45, 7) is 12.4. The summed E-state index contributed by atoms with van der Waals surface area (Å²) in [5.41, 5.74) is 6.53. The van der Waals surface area contributed by atoms with Crippen molar-refractivity contribution < 1.29 is 14.3 Å². The van der Waals surface area contributed by atoms with E-state index >= 15 is 0 Å². The molecule has 44 heavy (non-hydrogen) atoms. The van der Waals surface area contributed by atoms with E-state index in [9.17, 15) is 4.79 Å². The van der Waals surface area contributed by atoms with Crippen molar-refractivity contribution in [3.8, 4) is 33.0 Å². The SMILES string of the molecule is CC(=O)[C@@H](OC(C)(C)C)c1c(C)cc2nc(-c3ccnc(-c4cnc(N5CCOCC5)nc4)c3)sc2c1-c1ccc(Cl)cc1. The number of hydrogen-bond acceptors (Lipinski definition) is 9. The van der Waals surface area contributed by atoms with Crippen molar-refractivity contribution in [3.63, 3.8) is 0 Å². The van der Waals surface area contributed by atoms with E-state index in [4.69, 9.17) is 26.1 Å². The van der Waals surface area contributed by atoms with Crippen LogP contribution in [0.2, 0.25) is 5.02 Å². The van der Waals surface area contributed by atoms with Crippen LogP contribution in [-0.2, 0) is 14.3 Å². The van der Waals surface area contributed by atoms with Crippen molar-refractivity contribution in [3.05, 3.63) is 77.2 Å². The van der Waals surface area contributed by atoms with Crippen LogP contribution < -0.4 is 4.90 Å². The number of Topliss-reactive ketones (excluding diaryl/α,β-unsaturated/α-hetero) is 1. The van der Waals surface area contributed by atoms with E-state index in [-0.39, 0.29) is 5.78 Å². The van der Waals surface area contributed by atoms with Crippen LogP contribution >= 0.6 is 22.9 Å². The Morgan fingerprint density at radius 2 is 1.70 bits per heavy atom. The number of rotatable bonds is 7. The number of benzene rings is 2. The Labute approximate surface area is 266 Å². The highest BCUT2D eigenvalue weighted by molar-refractivity contribution is 7.22. The molecule has 1 saturated heterocycles. The number of anilines is 1. The topological polar surface area (TPSA) is 90.3 Å². The first kappa shape index (κ1) is 30.3. The third kappa shape index (κ3) is 6.37. The largest absolute Gasteiger partial charge is 0.378 e. The Morgan fingerprint density at radius 1 is 1.00 bits per heavy atom. The van der Waals surface area contributed by atoms with E-state index in [1.807, 2.05) is 82.6 Å². The van der Waals surface area contributed by atoms with E-state index in [1.54, 1.807) is 24.5 Å². The molecule has 2 aromatic carbocycles. The summed E-state index contributed by atoms with van der Waals surface area (Å²) < 4.78 is 12.8. The van der Waals surface area contributed by atoms with Crippen molar-refractivity contribution in [1.82, 2.24) is 19.9 Å². The lowest BCUT2D eigenvalue weighted by atomic mass is 9.90. The summed E-state index contributed by atoms with van der Waals surface area (Å²) in [6, 6.07) is 13.7. The number of carbonyl (C=O) groups excluding carboxylic acids is 1. The van der Waals surface area contributed by atoms with Gasteiger partial charge in [0, 0.05) is 59.0 Å². The summed E-state index contributed by atoms with van der Waals surface area (Å²) in [5.74, 6) is 0.641. The van der Waals surface area contributed by atoms with Crippen molar-refractivity contribution in [2.75, 3.05) is 31.2 Å². The van der Waals surface area contributed by atoms with Gasteiger partial charge in [-0.15, -0.1) is 11.3 Å². The molecule has 1 atom stereocenters. The molecule has 0 spiro atoms. The number of halogens is 1. The number of ether oxygens (including phenoxy) is 2. The molecule has 1 aliphatic rings. The van der Waals surface area contributed by atoms with Gasteiger partial charge in [0.2, 0.25) is 5.95 Å². The molecule has 0 amide bonds. The lowest BCUT2D eigenvalue weighted by molar-refractivity contribution is -0.138. The summed E-state index contributed by atoms with van der Waals surface area (Å²) in [4.78, 5) is 34.1. The van der Waals surface area contributed by atoms with Crippen molar-refractivity contribution in [2.45, 2.75) is 46.3 Å². The van der Waals surface area contributed by atoms with Gasteiger partial charge in [0.1, 0.15) is 11.1 Å². The number of thiazole rings is 1. The molecular formula is C34H34ClN5O3S. The first-order valence-electron chi connectivity index (χ1n) is 14.6. The number of aryl methyl sites for hydroxylation is 1. The zero-order valence-corrected chi connectivity index (χ0v) is 27.0. The van der Waals surface area contributed by atoms with E-state index in [0.29, 0.717) is 24.2 Å². The molecule has 0 bridgehead atoms.